The zero-order valence-corrected chi connectivity index (χ0v) is 11.5. The number of benzene rings is 1. The van der Waals surface area contributed by atoms with Crippen LogP contribution in [-0.4, -0.2) is 32.1 Å². The predicted molar refractivity (Wildman–Crippen MR) is 71.7 cm³/mol. The van der Waals surface area contributed by atoms with Gasteiger partial charge in [0.25, 0.3) is 0 Å². The number of fused-ring (bicyclic) bond motifs is 1. The van der Waals surface area contributed by atoms with Crippen LogP contribution in [0.15, 0.2) is 18.2 Å². The summed E-state index contributed by atoms with van der Waals surface area (Å²) in [4.78, 5) is 11.9. The maximum Gasteiger partial charge on any atom is 0.236 e. The third kappa shape index (κ3) is 3.73. The molecular weight excluding hydrogens is 260 g/mol. The fourth-order valence-electron chi connectivity index (χ4n) is 1.67. The van der Waals surface area contributed by atoms with E-state index in [1.54, 1.807) is 25.1 Å². The molecule has 0 fully saturated rings. The molecule has 1 unspecified atom stereocenters. The van der Waals surface area contributed by atoms with Crippen molar-refractivity contribution in [2.75, 3.05) is 20.0 Å². The van der Waals surface area contributed by atoms with Crippen LogP contribution in [-0.2, 0) is 9.47 Å². The predicted octanol–water partition coefficient (Wildman–Crippen LogP) is 2.00. The number of carbonyl (C=O) groups is 1. The van der Waals surface area contributed by atoms with Crippen LogP contribution in [0.1, 0.15) is 24.2 Å². The molecule has 0 aromatic heterocycles. The van der Waals surface area contributed by atoms with E-state index < -0.39 is 0 Å². The van der Waals surface area contributed by atoms with E-state index in [9.17, 15) is 4.79 Å². The summed E-state index contributed by atoms with van der Waals surface area (Å²) < 4.78 is 20.8. The third-order valence-corrected chi connectivity index (χ3v) is 2.63. The average molecular weight is 276 g/mol. The maximum atomic E-state index is 11.9. The molecule has 1 atom stereocenters. The Labute approximate surface area is 117 Å². The number of hydrogen-bond donors (Lipinski definition) is 0. The lowest BCUT2D eigenvalue weighted by Crippen LogP contribution is -2.12. The topological polar surface area (TPSA) is 54.0 Å². The molecule has 2 rings (SSSR count). The Morgan fingerprint density at radius 1 is 1.35 bits per heavy atom. The first-order valence-electron chi connectivity index (χ1n) is 6.36. The zero-order chi connectivity index (χ0) is 14.4. The molecule has 0 aliphatic carbocycles. The fraction of sp³-hybridized carbons (Fsp3) is 0.400. The SMILES string of the molecule is CCOC(C)OCC#CC(=O)c1ccc2c(c1)OCO2. The molecule has 1 aliphatic heterocycles. The Balaban J connectivity index is 1.89. The van der Waals surface area contributed by atoms with Crippen LogP contribution in [0.25, 0.3) is 0 Å². The van der Waals surface area contributed by atoms with Gasteiger partial charge >= 0.3 is 0 Å². The second kappa shape index (κ2) is 6.94. The molecule has 0 N–H and O–H groups in total. The van der Waals surface area contributed by atoms with E-state index in [0.29, 0.717) is 23.7 Å². The molecule has 1 aromatic rings. The standard InChI is InChI=1S/C15H16O5/c1-3-17-11(2)18-8-4-5-13(16)12-6-7-14-15(9-12)20-10-19-14/h6-7,9,11H,3,8,10H2,1-2H3. The fourth-order valence-corrected chi connectivity index (χ4v) is 1.67. The summed E-state index contributed by atoms with van der Waals surface area (Å²) in [6.45, 7) is 4.57. The van der Waals surface area contributed by atoms with Crippen LogP contribution in [0.3, 0.4) is 0 Å². The van der Waals surface area contributed by atoms with Crippen molar-refractivity contribution in [3.63, 3.8) is 0 Å². The van der Waals surface area contributed by atoms with Crippen LogP contribution in [0.4, 0.5) is 0 Å². The van der Waals surface area contributed by atoms with E-state index in [1.807, 2.05) is 6.92 Å². The Hall–Kier alpha value is -2.03. The number of hydrogen-bond acceptors (Lipinski definition) is 5. The van der Waals surface area contributed by atoms with Gasteiger partial charge in [-0.15, -0.1) is 0 Å². The molecule has 1 aromatic carbocycles. The highest BCUT2D eigenvalue weighted by Crippen LogP contribution is 2.32. The van der Waals surface area contributed by atoms with E-state index in [2.05, 4.69) is 11.8 Å². The molecule has 0 radical (unpaired) electrons. The molecule has 20 heavy (non-hydrogen) atoms. The minimum absolute atomic E-state index is 0.150. The molecule has 106 valence electrons. The second-order valence-corrected chi connectivity index (χ2v) is 4.03. The van der Waals surface area contributed by atoms with Crippen molar-refractivity contribution in [3.8, 4) is 23.3 Å². The molecule has 5 heteroatoms. The Kier molecular flexibility index (Phi) is 4.99. The number of Topliss-reactive ketones (excluding diaryl/α,β-unsaturated/α-hetero) is 1. The van der Waals surface area contributed by atoms with E-state index in [4.69, 9.17) is 18.9 Å². The molecule has 0 amide bonds. The highest BCUT2D eigenvalue weighted by Gasteiger charge is 2.15. The summed E-state index contributed by atoms with van der Waals surface area (Å²) in [6, 6.07) is 4.99. The third-order valence-electron chi connectivity index (χ3n) is 2.63. The summed E-state index contributed by atoms with van der Waals surface area (Å²) in [5.41, 5.74) is 0.472. The largest absolute Gasteiger partial charge is 0.454 e. The minimum atomic E-state index is -0.324. The van der Waals surface area contributed by atoms with Gasteiger partial charge < -0.3 is 18.9 Å². The summed E-state index contributed by atoms with van der Waals surface area (Å²) in [6.07, 6.45) is -0.324. The first-order valence-corrected chi connectivity index (χ1v) is 6.36. The van der Waals surface area contributed by atoms with Gasteiger partial charge in [0.15, 0.2) is 17.8 Å². The van der Waals surface area contributed by atoms with Crippen molar-refractivity contribution in [2.45, 2.75) is 20.1 Å². The average Bonchev–Trinajstić information content (AvgIpc) is 2.91. The smallest absolute Gasteiger partial charge is 0.236 e. The van der Waals surface area contributed by atoms with Crippen LogP contribution < -0.4 is 9.47 Å². The van der Waals surface area contributed by atoms with Crippen LogP contribution in [0.2, 0.25) is 0 Å². The van der Waals surface area contributed by atoms with Gasteiger partial charge in [-0.2, -0.15) is 0 Å². The van der Waals surface area contributed by atoms with Crippen molar-refractivity contribution >= 4 is 5.78 Å². The van der Waals surface area contributed by atoms with Crippen molar-refractivity contribution in [1.82, 2.24) is 0 Å². The lowest BCUT2D eigenvalue weighted by molar-refractivity contribution is -0.117. The zero-order valence-electron chi connectivity index (χ0n) is 11.5. The van der Waals surface area contributed by atoms with Gasteiger partial charge in [-0.3, -0.25) is 4.79 Å². The van der Waals surface area contributed by atoms with Gasteiger partial charge in [0, 0.05) is 12.2 Å². The molecule has 0 bridgehead atoms. The molecule has 5 nitrogen and oxygen atoms in total. The van der Waals surface area contributed by atoms with Crippen molar-refractivity contribution in [1.29, 1.82) is 0 Å². The van der Waals surface area contributed by atoms with Crippen LogP contribution in [0.5, 0.6) is 11.5 Å². The summed E-state index contributed by atoms with van der Waals surface area (Å²) in [5.74, 6) is 6.12. The highest BCUT2D eigenvalue weighted by atomic mass is 16.7. The number of ether oxygens (including phenoxy) is 4. The van der Waals surface area contributed by atoms with Crippen molar-refractivity contribution in [3.05, 3.63) is 23.8 Å². The highest BCUT2D eigenvalue weighted by molar-refractivity contribution is 6.09. The van der Waals surface area contributed by atoms with Gasteiger partial charge in [-0.05, 0) is 38.0 Å². The van der Waals surface area contributed by atoms with Gasteiger partial charge in [0.05, 0.1) is 0 Å². The summed E-state index contributed by atoms with van der Waals surface area (Å²) >= 11 is 0. The van der Waals surface area contributed by atoms with Crippen LogP contribution in [0, 0.1) is 11.8 Å². The maximum absolute atomic E-state index is 11.9. The first-order chi connectivity index (χ1) is 9.70. The molecule has 0 saturated heterocycles. The van der Waals surface area contributed by atoms with Crippen LogP contribution >= 0.6 is 0 Å². The number of ketones is 1. The van der Waals surface area contributed by atoms with Gasteiger partial charge in [-0.25, -0.2) is 0 Å². The monoisotopic (exact) mass is 276 g/mol. The van der Waals surface area contributed by atoms with Crippen molar-refractivity contribution in [2.24, 2.45) is 0 Å². The Bertz CT molecular complexity index is 541. The molecule has 1 heterocycles. The normalized spacial score (nSPS) is 13.5. The summed E-state index contributed by atoms with van der Waals surface area (Å²) in [7, 11) is 0. The van der Waals surface area contributed by atoms with Gasteiger partial charge in [0.1, 0.15) is 6.61 Å². The Morgan fingerprint density at radius 2 is 2.15 bits per heavy atom. The number of carbonyl (C=O) groups excluding carboxylic acids is 1. The van der Waals surface area contributed by atoms with Crippen molar-refractivity contribution < 1.29 is 23.7 Å². The number of rotatable bonds is 5. The molecular formula is C15H16O5. The Morgan fingerprint density at radius 3 is 2.95 bits per heavy atom. The lowest BCUT2D eigenvalue weighted by atomic mass is 10.1. The summed E-state index contributed by atoms with van der Waals surface area (Å²) in [5, 5.41) is 0. The first kappa shape index (κ1) is 14.4. The second-order valence-electron chi connectivity index (χ2n) is 4.03. The van der Waals surface area contributed by atoms with E-state index >= 15 is 0 Å². The molecule has 0 saturated carbocycles. The van der Waals surface area contributed by atoms with E-state index in [-0.39, 0.29) is 25.5 Å². The van der Waals surface area contributed by atoms with E-state index in [1.165, 1.54) is 0 Å². The lowest BCUT2D eigenvalue weighted by Gasteiger charge is -2.09. The minimum Gasteiger partial charge on any atom is -0.454 e. The van der Waals surface area contributed by atoms with E-state index in [0.717, 1.165) is 0 Å². The van der Waals surface area contributed by atoms with Gasteiger partial charge in [-0.1, -0.05) is 5.92 Å². The molecule has 1 aliphatic rings. The van der Waals surface area contributed by atoms with Gasteiger partial charge in [0.2, 0.25) is 12.6 Å². The molecule has 0 spiro atoms. The quantitative estimate of drug-likeness (QED) is 0.356.